The fourth-order valence-corrected chi connectivity index (χ4v) is 3.14. The van der Waals surface area contributed by atoms with Crippen molar-refractivity contribution in [3.05, 3.63) is 59.4 Å². The number of fused-ring (bicyclic) bond motifs is 1. The number of benzene rings is 1. The van der Waals surface area contributed by atoms with Gasteiger partial charge in [-0.15, -0.1) is 0 Å². The van der Waals surface area contributed by atoms with E-state index in [1.54, 1.807) is 25.1 Å². The van der Waals surface area contributed by atoms with Crippen LogP contribution in [0.3, 0.4) is 0 Å². The molecule has 6 nitrogen and oxygen atoms in total. The van der Waals surface area contributed by atoms with Crippen molar-refractivity contribution in [2.75, 3.05) is 13.2 Å². The van der Waals surface area contributed by atoms with Crippen LogP contribution in [0.5, 0.6) is 0 Å². The van der Waals surface area contributed by atoms with Crippen LogP contribution in [0.2, 0.25) is 0 Å². The van der Waals surface area contributed by atoms with E-state index in [-0.39, 0.29) is 30.8 Å². The molecule has 1 N–H and O–H groups in total. The van der Waals surface area contributed by atoms with Crippen molar-refractivity contribution in [2.24, 2.45) is 0 Å². The van der Waals surface area contributed by atoms with E-state index in [9.17, 15) is 14.4 Å². The highest BCUT2D eigenvalue weighted by molar-refractivity contribution is 6.08. The van der Waals surface area contributed by atoms with E-state index < -0.39 is 5.97 Å². The third kappa shape index (κ3) is 3.47. The van der Waals surface area contributed by atoms with Gasteiger partial charge in [0.15, 0.2) is 0 Å². The average Bonchev–Trinajstić information content (AvgIpc) is 3.22. The lowest BCUT2D eigenvalue weighted by atomic mass is 10.0. The molecule has 0 aliphatic carbocycles. The number of amides is 1. The van der Waals surface area contributed by atoms with Crippen molar-refractivity contribution >= 4 is 17.7 Å². The molecule has 2 aromatic rings. The number of hydrogen-bond donors (Lipinski definition) is 1. The maximum absolute atomic E-state index is 12.6. The van der Waals surface area contributed by atoms with Gasteiger partial charge in [0.25, 0.3) is 0 Å². The number of carbonyl (C=O) groups is 3. The Bertz CT molecular complexity index is 795. The molecule has 0 radical (unpaired) electrons. The first-order valence-corrected chi connectivity index (χ1v) is 8.34. The molecule has 1 aliphatic rings. The van der Waals surface area contributed by atoms with Gasteiger partial charge in [-0.3, -0.25) is 14.4 Å². The SMILES string of the molecule is CCOC(=O)CNC(=O)C1CCn2c(C(=O)c3ccccc3)ccc21. The molecule has 2 heterocycles. The van der Waals surface area contributed by atoms with E-state index in [1.165, 1.54) is 0 Å². The Morgan fingerprint density at radius 3 is 2.64 bits per heavy atom. The van der Waals surface area contributed by atoms with Gasteiger partial charge in [-0.2, -0.15) is 0 Å². The van der Waals surface area contributed by atoms with Crippen molar-refractivity contribution < 1.29 is 19.1 Å². The molecule has 0 spiro atoms. The van der Waals surface area contributed by atoms with Gasteiger partial charge in [0.2, 0.25) is 11.7 Å². The predicted octanol–water partition coefficient (Wildman–Crippen LogP) is 1.89. The molecule has 6 heteroatoms. The molecule has 0 bridgehead atoms. The Kier molecular flexibility index (Phi) is 4.97. The molecule has 0 saturated heterocycles. The summed E-state index contributed by atoms with van der Waals surface area (Å²) in [6.07, 6.45) is 0.611. The molecule has 1 aliphatic heterocycles. The third-order valence-electron chi connectivity index (χ3n) is 4.31. The van der Waals surface area contributed by atoms with Crippen molar-refractivity contribution in [1.29, 1.82) is 0 Å². The Morgan fingerprint density at radius 2 is 1.92 bits per heavy atom. The van der Waals surface area contributed by atoms with Crippen LogP contribution in [0.4, 0.5) is 0 Å². The van der Waals surface area contributed by atoms with Crippen LogP contribution in [0.25, 0.3) is 0 Å². The van der Waals surface area contributed by atoms with Gasteiger partial charge in [-0.1, -0.05) is 30.3 Å². The van der Waals surface area contributed by atoms with Gasteiger partial charge in [-0.05, 0) is 25.5 Å². The molecule has 1 aromatic heterocycles. The van der Waals surface area contributed by atoms with Crippen LogP contribution in [0.15, 0.2) is 42.5 Å². The third-order valence-corrected chi connectivity index (χ3v) is 4.31. The summed E-state index contributed by atoms with van der Waals surface area (Å²) in [5, 5.41) is 2.61. The Hall–Kier alpha value is -2.89. The number of ether oxygens (including phenoxy) is 1. The molecule has 1 aromatic carbocycles. The summed E-state index contributed by atoms with van der Waals surface area (Å²) in [5.41, 5.74) is 2.01. The second-order valence-corrected chi connectivity index (χ2v) is 5.85. The lowest BCUT2D eigenvalue weighted by molar-refractivity contribution is -0.143. The first-order chi connectivity index (χ1) is 12.1. The van der Waals surface area contributed by atoms with Gasteiger partial charge < -0.3 is 14.6 Å². The summed E-state index contributed by atoms with van der Waals surface area (Å²) in [6, 6.07) is 12.7. The van der Waals surface area contributed by atoms with Crippen molar-refractivity contribution in [3.8, 4) is 0 Å². The van der Waals surface area contributed by atoms with E-state index in [4.69, 9.17) is 4.74 Å². The molecule has 130 valence electrons. The van der Waals surface area contributed by atoms with Crippen LogP contribution in [-0.2, 0) is 20.9 Å². The number of carbonyl (C=O) groups excluding carboxylic acids is 3. The van der Waals surface area contributed by atoms with Crippen molar-refractivity contribution in [3.63, 3.8) is 0 Å². The van der Waals surface area contributed by atoms with Crippen LogP contribution >= 0.6 is 0 Å². The van der Waals surface area contributed by atoms with Crippen molar-refractivity contribution in [2.45, 2.75) is 25.8 Å². The fourth-order valence-electron chi connectivity index (χ4n) is 3.14. The van der Waals surface area contributed by atoms with Gasteiger partial charge in [0.05, 0.1) is 18.2 Å². The molecule has 0 saturated carbocycles. The molecule has 25 heavy (non-hydrogen) atoms. The predicted molar refractivity (Wildman–Crippen MR) is 91.3 cm³/mol. The molecule has 3 rings (SSSR count). The molecular formula is C19H20N2O4. The van der Waals surface area contributed by atoms with Gasteiger partial charge in [0.1, 0.15) is 6.54 Å². The zero-order valence-corrected chi connectivity index (χ0v) is 14.0. The number of esters is 1. The van der Waals surface area contributed by atoms with Gasteiger partial charge >= 0.3 is 5.97 Å². The number of nitrogens with zero attached hydrogens (tertiary/aromatic N) is 1. The van der Waals surface area contributed by atoms with E-state index in [2.05, 4.69) is 5.32 Å². The minimum absolute atomic E-state index is 0.0561. The maximum atomic E-state index is 12.6. The number of hydrogen-bond acceptors (Lipinski definition) is 4. The van der Waals surface area contributed by atoms with E-state index in [0.29, 0.717) is 24.2 Å². The highest BCUT2D eigenvalue weighted by Crippen LogP contribution is 2.31. The average molecular weight is 340 g/mol. The zero-order valence-electron chi connectivity index (χ0n) is 14.0. The molecule has 1 amide bonds. The van der Waals surface area contributed by atoms with Crippen LogP contribution in [0.1, 0.15) is 41.0 Å². The lowest BCUT2D eigenvalue weighted by Gasteiger charge is -2.10. The fraction of sp³-hybridized carbons (Fsp3) is 0.316. The van der Waals surface area contributed by atoms with E-state index in [0.717, 1.165) is 5.69 Å². The molecular weight excluding hydrogens is 320 g/mol. The Balaban J connectivity index is 1.72. The Morgan fingerprint density at radius 1 is 1.16 bits per heavy atom. The smallest absolute Gasteiger partial charge is 0.325 e. The number of nitrogens with one attached hydrogen (secondary N) is 1. The minimum atomic E-state index is -0.454. The van der Waals surface area contributed by atoms with Crippen LogP contribution < -0.4 is 5.32 Å². The summed E-state index contributed by atoms with van der Waals surface area (Å²) in [5.74, 6) is -1.08. The van der Waals surface area contributed by atoms with Crippen LogP contribution in [-0.4, -0.2) is 35.4 Å². The number of ketones is 1. The summed E-state index contributed by atoms with van der Waals surface area (Å²) < 4.78 is 6.70. The summed E-state index contributed by atoms with van der Waals surface area (Å²) in [6.45, 7) is 2.47. The highest BCUT2D eigenvalue weighted by Gasteiger charge is 2.32. The first kappa shape index (κ1) is 17.0. The summed E-state index contributed by atoms with van der Waals surface area (Å²) >= 11 is 0. The lowest BCUT2D eigenvalue weighted by Crippen LogP contribution is -2.33. The normalized spacial score (nSPS) is 15.5. The summed E-state index contributed by atoms with van der Waals surface area (Å²) in [4.78, 5) is 36.4. The minimum Gasteiger partial charge on any atom is -0.465 e. The second-order valence-electron chi connectivity index (χ2n) is 5.85. The Labute approximate surface area is 145 Å². The number of rotatable bonds is 6. The number of aromatic nitrogens is 1. The largest absolute Gasteiger partial charge is 0.465 e. The quantitative estimate of drug-likeness (QED) is 0.643. The van der Waals surface area contributed by atoms with Gasteiger partial charge in [-0.25, -0.2) is 0 Å². The van der Waals surface area contributed by atoms with Crippen molar-refractivity contribution in [1.82, 2.24) is 9.88 Å². The topological polar surface area (TPSA) is 77.4 Å². The molecule has 1 atom stereocenters. The monoisotopic (exact) mass is 340 g/mol. The summed E-state index contributed by atoms with van der Waals surface area (Å²) in [7, 11) is 0. The van der Waals surface area contributed by atoms with E-state index in [1.807, 2.05) is 28.8 Å². The molecule has 0 fully saturated rings. The second kappa shape index (κ2) is 7.34. The maximum Gasteiger partial charge on any atom is 0.325 e. The first-order valence-electron chi connectivity index (χ1n) is 8.34. The standard InChI is InChI=1S/C19H20N2O4/c1-2-25-17(22)12-20-19(24)14-10-11-21-15(14)8-9-16(21)18(23)13-6-4-3-5-7-13/h3-9,14H,2,10-12H2,1H3,(H,20,24). The highest BCUT2D eigenvalue weighted by atomic mass is 16.5. The van der Waals surface area contributed by atoms with Crippen LogP contribution in [0, 0.1) is 0 Å². The van der Waals surface area contributed by atoms with Gasteiger partial charge in [0, 0.05) is 17.8 Å². The van der Waals surface area contributed by atoms with E-state index >= 15 is 0 Å². The molecule has 1 unspecified atom stereocenters. The zero-order chi connectivity index (χ0) is 17.8.